The molecule has 0 atom stereocenters. The second-order valence-corrected chi connectivity index (χ2v) is 5.83. The molecule has 3 heteroatoms. The Kier molecular flexibility index (Phi) is 2.67. The highest BCUT2D eigenvalue weighted by Gasteiger charge is 2.49. The van der Waals surface area contributed by atoms with Crippen LogP contribution >= 0.6 is 0 Å². The molecule has 0 unspecified atom stereocenters. The second kappa shape index (κ2) is 4.09. The van der Waals surface area contributed by atoms with Gasteiger partial charge in [0.25, 0.3) is 0 Å². The molecule has 1 aliphatic carbocycles. The van der Waals surface area contributed by atoms with Crippen LogP contribution in [0.3, 0.4) is 0 Å². The number of nitrogens with zero attached hydrogens (tertiary/aromatic N) is 1. The minimum Gasteiger partial charge on any atom is -0.329 e. The molecule has 2 N–H and O–H groups in total. The predicted molar refractivity (Wildman–Crippen MR) is 72.4 cm³/mol. The first-order valence-corrected chi connectivity index (χ1v) is 6.76. The number of amides is 1. The van der Waals surface area contributed by atoms with Crippen LogP contribution in [-0.4, -0.2) is 19.0 Å². The van der Waals surface area contributed by atoms with E-state index < -0.39 is 0 Å². The fraction of sp³-hybridized carbons (Fsp3) is 0.533. The predicted octanol–water partition coefficient (Wildman–Crippen LogP) is 1.95. The number of hydrogen-bond donors (Lipinski definition) is 1. The van der Waals surface area contributed by atoms with E-state index in [1.807, 2.05) is 23.1 Å². The number of rotatable bonds is 2. The van der Waals surface area contributed by atoms with Crippen LogP contribution in [0.2, 0.25) is 0 Å². The van der Waals surface area contributed by atoms with Gasteiger partial charge in [-0.05, 0) is 36.8 Å². The van der Waals surface area contributed by atoms with Crippen molar-refractivity contribution in [2.75, 3.05) is 18.0 Å². The van der Waals surface area contributed by atoms with Gasteiger partial charge in [-0.3, -0.25) is 4.79 Å². The van der Waals surface area contributed by atoms with Crippen LogP contribution in [0.4, 0.5) is 5.69 Å². The molecular weight excluding hydrogens is 224 g/mol. The summed E-state index contributed by atoms with van der Waals surface area (Å²) in [5.74, 6) is 0.878. The van der Waals surface area contributed by atoms with Gasteiger partial charge in [-0.15, -0.1) is 0 Å². The molecule has 18 heavy (non-hydrogen) atoms. The molecule has 1 fully saturated rings. The lowest BCUT2D eigenvalue weighted by Crippen LogP contribution is -2.54. The average molecular weight is 244 g/mol. The fourth-order valence-corrected chi connectivity index (χ4v) is 3.54. The molecule has 3 rings (SSSR count). The van der Waals surface area contributed by atoms with Crippen molar-refractivity contribution in [1.82, 2.24) is 0 Å². The molecule has 0 radical (unpaired) electrons. The zero-order valence-corrected chi connectivity index (χ0v) is 10.9. The molecule has 1 saturated carbocycles. The summed E-state index contributed by atoms with van der Waals surface area (Å²) in [7, 11) is 0. The van der Waals surface area contributed by atoms with Crippen molar-refractivity contribution in [3.05, 3.63) is 29.8 Å². The number of hydrogen-bond acceptors (Lipinski definition) is 2. The molecule has 2 aliphatic rings. The van der Waals surface area contributed by atoms with Crippen LogP contribution < -0.4 is 10.6 Å². The van der Waals surface area contributed by atoms with Crippen molar-refractivity contribution < 1.29 is 4.79 Å². The molecule has 1 amide bonds. The van der Waals surface area contributed by atoms with Crippen LogP contribution in [0.1, 0.15) is 25.3 Å². The molecule has 1 aromatic carbocycles. The van der Waals surface area contributed by atoms with E-state index in [0.717, 1.165) is 31.5 Å². The van der Waals surface area contributed by atoms with Crippen molar-refractivity contribution in [3.63, 3.8) is 0 Å². The van der Waals surface area contributed by atoms with Crippen molar-refractivity contribution in [2.45, 2.75) is 26.2 Å². The normalized spacial score (nSPS) is 29.9. The summed E-state index contributed by atoms with van der Waals surface area (Å²) in [5, 5.41) is 0. The zero-order valence-electron chi connectivity index (χ0n) is 10.9. The van der Waals surface area contributed by atoms with Crippen molar-refractivity contribution >= 4 is 11.6 Å². The highest BCUT2D eigenvalue weighted by Crippen LogP contribution is 2.47. The maximum Gasteiger partial charge on any atom is 0.234 e. The second-order valence-electron chi connectivity index (χ2n) is 5.83. The summed E-state index contributed by atoms with van der Waals surface area (Å²) < 4.78 is 0. The van der Waals surface area contributed by atoms with Gasteiger partial charge < -0.3 is 10.6 Å². The smallest absolute Gasteiger partial charge is 0.234 e. The van der Waals surface area contributed by atoms with E-state index >= 15 is 0 Å². The number of benzene rings is 1. The Morgan fingerprint density at radius 2 is 2.17 bits per heavy atom. The van der Waals surface area contributed by atoms with Gasteiger partial charge in [0, 0.05) is 18.8 Å². The van der Waals surface area contributed by atoms with E-state index in [-0.39, 0.29) is 11.3 Å². The third-order valence-electron chi connectivity index (χ3n) is 4.46. The molecule has 1 aliphatic heterocycles. The Balaban J connectivity index is 1.87. The van der Waals surface area contributed by atoms with Crippen LogP contribution in [-0.2, 0) is 11.2 Å². The van der Waals surface area contributed by atoms with E-state index in [0.29, 0.717) is 12.5 Å². The first-order chi connectivity index (χ1) is 8.66. The van der Waals surface area contributed by atoms with Crippen LogP contribution in [0.5, 0.6) is 0 Å². The lowest BCUT2D eigenvalue weighted by Gasteiger charge is -2.46. The molecule has 96 valence electrons. The molecule has 1 aromatic rings. The maximum atomic E-state index is 12.7. The first kappa shape index (κ1) is 11.7. The van der Waals surface area contributed by atoms with Crippen LogP contribution in [0, 0.1) is 11.3 Å². The first-order valence-electron chi connectivity index (χ1n) is 6.76. The third-order valence-corrected chi connectivity index (χ3v) is 4.46. The Morgan fingerprint density at radius 1 is 1.44 bits per heavy atom. The number of nitrogens with two attached hydrogens (primary N) is 1. The number of para-hydroxylation sites is 1. The van der Waals surface area contributed by atoms with E-state index in [9.17, 15) is 4.79 Å². The summed E-state index contributed by atoms with van der Waals surface area (Å²) in [6.07, 6.45) is 2.86. The largest absolute Gasteiger partial charge is 0.329 e. The molecule has 3 nitrogen and oxygen atoms in total. The molecule has 1 heterocycles. The number of anilines is 1. The highest BCUT2D eigenvalue weighted by molar-refractivity contribution is 6.00. The summed E-state index contributed by atoms with van der Waals surface area (Å²) in [4.78, 5) is 14.7. The van der Waals surface area contributed by atoms with Gasteiger partial charge in [0.05, 0.1) is 5.41 Å². The molecular formula is C15H20N2O. The number of carbonyl (C=O) groups excluding carboxylic acids is 1. The van der Waals surface area contributed by atoms with E-state index in [1.54, 1.807) is 0 Å². The summed E-state index contributed by atoms with van der Waals surface area (Å²) >= 11 is 0. The van der Waals surface area contributed by atoms with Crippen LogP contribution in [0.15, 0.2) is 24.3 Å². The lowest BCUT2D eigenvalue weighted by molar-refractivity contribution is -0.135. The molecule has 0 saturated heterocycles. The molecule has 0 spiro atoms. The lowest BCUT2D eigenvalue weighted by atomic mass is 9.62. The monoisotopic (exact) mass is 244 g/mol. The van der Waals surface area contributed by atoms with Crippen molar-refractivity contribution in [2.24, 2.45) is 17.1 Å². The topological polar surface area (TPSA) is 46.3 Å². The minimum atomic E-state index is -0.281. The number of carbonyl (C=O) groups is 1. The molecule has 0 bridgehead atoms. The van der Waals surface area contributed by atoms with Crippen LogP contribution in [0.25, 0.3) is 0 Å². The van der Waals surface area contributed by atoms with Crippen molar-refractivity contribution in [3.8, 4) is 0 Å². The Labute approximate surface area is 108 Å². The van der Waals surface area contributed by atoms with Gasteiger partial charge in [-0.1, -0.05) is 25.1 Å². The SMILES string of the molecule is CC1CC(CN)(C(=O)N2CCc3ccccc32)C1. The Hall–Kier alpha value is -1.35. The van der Waals surface area contributed by atoms with Gasteiger partial charge in [-0.2, -0.15) is 0 Å². The maximum absolute atomic E-state index is 12.7. The van der Waals surface area contributed by atoms with Gasteiger partial charge in [-0.25, -0.2) is 0 Å². The zero-order chi connectivity index (χ0) is 12.8. The van der Waals surface area contributed by atoms with E-state index in [1.165, 1.54) is 5.56 Å². The van der Waals surface area contributed by atoms with Gasteiger partial charge in [0.2, 0.25) is 5.91 Å². The average Bonchev–Trinajstić information content (AvgIpc) is 2.77. The number of fused-ring (bicyclic) bond motifs is 1. The molecule has 0 aromatic heterocycles. The summed E-state index contributed by atoms with van der Waals surface area (Å²) in [6.45, 7) is 3.49. The highest BCUT2D eigenvalue weighted by atomic mass is 16.2. The Bertz CT molecular complexity index is 477. The standard InChI is InChI=1S/C15H20N2O/c1-11-8-15(9-11,10-16)14(18)17-7-6-12-4-2-3-5-13(12)17/h2-5,11H,6-10,16H2,1H3. The summed E-state index contributed by atoms with van der Waals surface area (Å²) in [6, 6.07) is 8.20. The Morgan fingerprint density at radius 3 is 2.83 bits per heavy atom. The summed E-state index contributed by atoms with van der Waals surface area (Å²) in [5.41, 5.74) is 7.97. The van der Waals surface area contributed by atoms with Crippen molar-refractivity contribution in [1.29, 1.82) is 0 Å². The van der Waals surface area contributed by atoms with Gasteiger partial charge >= 0.3 is 0 Å². The van der Waals surface area contributed by atoms with Gasteiger partial charge in [0.15, 0.2) is 0 Å². The minimum absolute atomic E-state index is 0.244. The fourth-order valence-electron chi connectivity index (χ4n) is 3.54. The third kappa shape index (κ3) is 1.57. The quantitative estimate of drug-likeness (QED) is 0.864. The van der Waals surface area contributed by atoms with E-state index in [4.69, 9.17) is 5.73 Å². The van der Waals surface area contributed by atoms with E-state index in [2.05, 4.69) is 13.0 Å². The van der Waals surface area contributed by atoms with Gasteiger partial charge in [0.1, 0.15) is 0 Å².